The molecule has 0 unspecified atom stereocenters. The van der Waals surface area contributed by atoms with Gasteiger partial charge in [0.15, 0.2) is 5.82 Å². The monoisotopic (exact) mass is 402 g/mol. The summed E-state index contributed by atoms with van der Waals surface area (Å²) in [6.07, 6.45) is 5.44. The number of fused-ring (bicyclic) bond motifs is 1. The molecule has 0 spiro atoms. The maximum Gasteiger partial charge on any atom is 0.163 e. The van der Waals surface area contributed by atoms with Gasteiger partial charge in [0.2, 0.25) is 0 Å². The number of rotatable bonds is 7. The second-order valence-electron chi connectivity index (χ2n) is 6.97. The highest BCUT2D eigenvalue weighted by Crippen LogP contribution is 2.36. The first-order valence-electron chi connectivity index (χ1n) is 10.0. The second-order valence-corrected chi connectivity index (χ2v) is 6.97. The molecule has 0 fully saturated rings. The molecule has 0 aliphatic rings. The van der Waals surface area contributed by atoms with E-state index in [4.69, 9.17) is 14.7 Å². The molecule has 0 radical (unpaired) electrons. The van der Waals surface area contributed by atoms with Crippen molar-refractivity contribution >= 4 is 16.7 Å². The number of benzene rings is 2. The first kappa shape index (κ1) is 19.8. The van der Waals surface area contributed by atoms with Gasteiger partial charge in [-0.05, 0) is 53.9 Å². The Bertz CT molecular complexity index is 1150. The van der Waals surface area contributed by atoms with E-state index >= 15 is 0 Å². The van der Waals surface area contributed by atoms with Crippen LogP contribution in [0.5, 0.6) is 5.75 Å². The van der Waals surface area contributed by atoms with E-state index in [1.165, 1.54) is 12.1 Å². The topological polar surface area (TPSA) is 59.9 Å². The molecule has 2 aromatic carbocycles. The summed E-state index contributed by atoms with van der Waals surface area (Å²) in [4.78, 5) is 13.7. The van der Waals surface area contributed by atoms with Crippen LogP contribution in [0.2, 0.25) is 0 Å². The third kappa shape index (κ3) is 4.08. The fraction of sp³-hybridized carbons (Fsp3) is 0.208. The number of pyridine rings is 1. The molecule has 0 amide bonds. The van der Waals surface area contributed by atoms with Crippen LogP contribution in [0.25, 0.3) is 33.4 Å². The van der Waals surface area contributed by atoms with Crippen LogP contribution < -0.4 is 10.1 Å². The predicted molar refractivity (Wildman–Crippen MR) is 118 cm³/mol. The lowest BCUT2D eigenvalue weighted by Crippen LogP contribution is -2.03. The molecule has 4 rings (SSSR count). The van der Waals surface area contributed by atoms with Gasteiger partial charge in [0.25, 0.3) is 0 Å². The van der Waals surface area contributed by atoms with E-state index < -0.39 is 0 Å². The van der Waals surface area contributed by atoms with Gasteiger partial charge in [0.05, 0.1) is 6.61 Å². The number of aromatic nitrogens is 3. The fourth-order valence-corrected chi connectivity index (χ4v) is 3.26. The minimum atomic E-state index is -0.265. The van der Waals surface area contributed by atoms with E-state index in [-0.39, 0.29) is 5.82 Å². The summed E-state index contributed by atoms with van der Waals surface area (Å²) in [5.41, 5.74) is 3.38. The first-order valence-corrected chi connectivity index (χ1v) is 10.0. The quantitative estimate of drug-likeness (QED) is 0.401. The highest BCUT2D eigenvalue weighted by atomic mass is 19.1. The zero-order chi connectivity index (χ0) is 20.9. The van der Waals surface area contributed by atoms with Crippen LogP contribution in [0.4, 0.5) is 10.2 Å². The molecule has 2 heterocycles. The van der Waals surface area contributed by atoms with Crippen LogP contribution in [0.3, 0.4) is 0 Å². The van der Waals surface area contributed by atoms with Crippen molar-refractivity contribution in [2.45, 2.75) is 19.8 Å². The van der Waals surface area contributed by atoms with Crippen molar-refractivity contribution in [1.29, 1.82) is 0 Å². The number of hydrogen-bond acceptors (Lipinski definition) is 5. The van der Waals surface area contributed by atoms with Crippen LogP contribution in [-0.2, 0) is 0 Å². The lowest BCUT2D eigenvalue weighted by atomic mass is 10.0. The number of nitrogens with zero attached hydrogens (tertiary/aromatic N) is 3. The summed E-state index contributed by atoms with van der Waals surface area (Å²) in [5.74, 6) is 1.70. The molecule has 4 aromatic rings. The Morgan fingerprint density at radius 1 is 1.00 bits per heavy atom. The van der Waals surface area contributed by atoms with Crippen molar-refractivity contribution in [1.82, 2.24) is 15.0 Å². The number of ether oxygens (including phenoxy) is 1. The van der Waals surface area contributed by atoms with Gasteiger partial charge in [-0.2, -0.15) is 0 Å². The van der Waals surface area contributed by atoms with Crippen molar-refractivity contribution in [2.75, 3.05) is 19.0 Å². The Morgan fingerprint density at radius 3 is 2.53 bits per heavy atom. The summed E-state index contributed by atoms with van der Waals surface area (Å²) in [5, 5.41) is 4.02. The van der Waals surface area contributed by atoms with E-state index in [1.54, 1.807) is 24.5 Å². The Morgan fingerprint density at radius 2 is 1.83 bits per heavy atom. The molecule has 6 heteroatoms. The zero-order valence-corrected chi connectivity index (χ0v) is 17.0. The molecule has 0 saturated heterocycles. The Kier molecular flexibility index (Phi) is 5.84. The third-order valence-electron chi connectivity index (χ3n) is 4.86. The molecule has 30 heavy (non-hydrogen) atoms. The summed E-state index contributed by atoms with van der Waals surface area (Å²) in [6.45, 7) is 2.72. The van der Waals surface area contributed by atoms with Crippen molar-refractivity contribution < 1.29 is 9.13 Å². The van der Waals surface area contributed by atoms with Crippen molar-refractivity contribution in [2.24, 2.45) is 0 Å². The molecule has 5 nitrogen and oxygen atoms in total. The van der Waals surface area contributed by atoms with E-state index in [2.05, 4.69) is 17.2 Å². The Hall–Kier alpha value is -3.54. The van der Waals surface area contributed by atoms with Gasteiger partial charge in [-0.1, -0.05) is 25.5 Å². The standard InChI is InChI=1S/C24H23FN4O/c1-3-4-12-30-21-14-18(16-7-9-19(25)10-8-16)13-20-22(21)28-23(29-24(20)26-2)17-6-5-11-27-15-17/h5-11,13-15H,3-4,12H2,1-2H3,(H,26,28,29). The summed E-state index contributed by atoms with van der Waals surface area (Å²) in [6, 6.07) is 14.2. The summed E-state index contributed by atoms with van der Waals surface area (Å²) in [7, 11) is 1.83. The lowest BCUT2D eigenvalue weighted by Gasteiger charge is -2.15. The molecule has 2 aromatic heterocycles. The summed E-state index contributed by atoms with van der Waals surface area (Å²) < 4.78 is 19.5. The molecular weight excluding hydrogens is 379 g/mol. The van der Waals surface area contributed by atoms with Crippen molar-refractivity contribution in [3.63, 3.8) is 0 Å². The zero-order valence-electron chi connectivity index (χ0n) is 17.0. The maximum absolute atomic E-state index is 13.4. The molecule has 1 N–H and O–H groups in total. The van der Waals surface area contributed by atoms with Gasteiger partial charge in [-0.3, -0.25) is 4.98 Å². The van der Waals surface area contributed by atoms with Gasteiger partial charge in [-0.15, -0.1) is 0 Å². The highest BCUT2D eigenvalue weighted by molar-refractivity contribution is 5.97. The molecule has 0 aliphatic heterocycles. The first-order chi connectivity index (χ1) is 14.7. The average molecular weight is 402 g/mol. The van der Waals surface area contributed by atoms with Gasteiger partial charge in [0.1, 0.15) is 22.9 Å². The number of halogens is 1. The fourth-order valence-electron chi connectivity index (χ4n) is 3.26. The van der Waals surface area contributed by atoms with Crippen molar-refractivity contribution in [3.8, 4) is 28.3 Å². The van der Waals surface area contributed by atoms with Crippen LogP contribution in [0.15, 0.2) is 60.9 Å². The molecule has 0 saturated carbocycles. The van der Waals surface area contributed by atoms with Gasteiger partial charge < -0.3 is 10.1 Å². The Labute approximate surface area is 175 Å². The molecule has 0 bridgehead atoms. The van der Waals surface area contributed by atoms with Crippen LogP contribution in [-0.4, -0.2) is 28.6 Å². The van der Waals surface area contributed by atoms with Gasteiger partial charge in [-0.25, -0.2) is 14.4 Å². The normalized spacial score (nSPS) is 10.9. The number of unbranched alkanes of at least 4 members (excludes halogenated alkanes) is 1. The predicted octanol–water partition coefficient (Wildman–Crippen LogP) is 5.72. The third-order valence-corrected chi connectivity index (χ3v) is 4.86. The van der Waals surface area contributed by atoms with Gasteiger partial charge in [0, 0.05) is 30.4 Å². The smallest absolute Gasteiger partial charge is 0.163 e. The summed E-state index contributed by atoms with van der Waals surface area (Å²) >= 11 is 0. The lowest BCUT2D eigenvalue weighted by molar-refractivity contribution is 0.312. The number of anilines is 1. The van der Waals surface area contributed by atoms with E-state index in [1.807, 2.05) is 31.3 Å². The minimum Gasteiger partial charge on any atom is -0.491 e. The maximum atomic E-state index is 13.4. The highest BCUT2D eigenvalue weighted by Gasteiger charge is 2.15. The van der Waals surface area contributed by atoms with Crippen LogP contribution in [0, 0.1) is 5.82 Å². The van der Waals surface area contributed by atoms with Crippen LogP contribution in [0.1, 0.15) is 19.8 Å². The molecule has 0 atom stereocenters. The number of hydrogen-bond donors (Lipinski definition) is 1. The second kappa shape index (κ2) is 8.86. The molecular formula is C24H23FN4O. The Balaban J connectivity index is 1.91. The average Bonchev–Trinajstić information content (AvgIpc) is 2.79. The largest absolute Gasteiger partial charge is 0.491 e. The van der Waals surface area contributed by atoms with E-state index in [0.717, 1.165) is 40.4 Å². The van der Waals surface area contributed by atoms with E-state index in [0.29, 0.717) is 24.0 Å². The van der Waals surface area contributed by atoms with Gasteiger partial charge >= 0.3 is 0 Å². The molecule has 0 aliphatic carbocycles. The van der Waals surface area contributed by atoms with Crippen molar-refractivity contribution in [3.05, 3.63) is 66.7 Å². The minimum absolute atomic E-state index is 0.265. The molecule has 152 valence electrons. The SMILES string of the molecule is CCCCOc1cc(-c2ccc(F)cc2)cc2c(NC)nc(-c3cccnc3)nc12. The van der Waals surface area contributed by atoms with Crippen LogP contribution >= 0.6 is 0 Å². The number of nitrogens with one attached hydrogen (secondary N) is 1. The van der Waals surface area contributed by atoms with E-state index in [9.17, 15) is 4.39 Å².